The van der Waals surface area contributed by atoms with Gasteiger partial charge in [0.15, 0.2) is 5.82 Å². The molecule has 1 saturated carbocycles. The molecule has 3 fully saturated rings. The number of fused-ring (bicyclic) bond motifs is 3. The standard InChI is InChI=1S/C32H38ClFN8O4/c1-17-12-20-19(14-37-41-20)22(24(17)33)26-25(34)27-23(29(38-26)45-2)28(42-11-4-6-18(15-42)13-36-31(43)44)40-30(39-27)46-16-32-8-3-7-21(32)35-10-5-9-32/h12,14,18,21,35-36H,3-11,13,15-16H2,1-2H3,(H,37,41)(H,43,44). The first-order chi connectivity index (χ1) is 22.3. The highest BCUT2D eigenvalue weighted by atomic mass is 35.5. The second kappa shape index (κ2) is 12.3. The number of aryl methyl sites for hydroxylation is 1. The minimum absolute atomic E-state index is 0.00633. The largest absolute Gasteiger partial charge is 0.480 e. The van der Waals surface area contributed by atoms with Crippen molar-refractivity contribution in [3.05, 3.63) is 28.7 Å². The number of ether oxygens (including phenoxy) is 2. The van der Waals surface area contributed by atoms with Gasteiger partial charge in [-0.1, -0.05) is 18.0 Å². The van der Waals surface area contributed by atoms with Crippen molar-refractivity contribution in [3.8, 4) is 23.1 Å². The molecule has 0 spiro atoms. The topological polar surface area (TPSA) is 150 Å². The average molecular weight is 653 g/mol. The van der Waals surface area contributed by atoms with Crippen molar-refractivity contribution < 1.29 is 23.8 Å². The maximum atomic E-state index is 17.0. The molecule has 4 N–H and O–H groups in total. The molecule has 1 aromatic carbocycles. The number of anilines is 1. The molecule has 3 unspecified atom stereocenters. The first-order valence-corrected chi connectivity index (χ1v) is 16.3. The fourth-order valence-corrected chi connectivity index (χ4v) is 7.97. The highest BCUT2D eigenvalue weighted by molar-refractivity contribution is 6.35. The number of benzene rings is 1. The molecule has 1 aliphatic carbocycles. The Morgan fingerprint density at radius 1 is 1.24 bits per heavy atom. The number of pyridine rings is 1. The molecule has 14 heteroatoms. The molecule has 3 aromatic heterocycles. The molecule has 3 aliphatic rings. The van der Waals surface area contributed by atoms with Crippen LogP contribution in [-0.2, 0) is 0 Å². The number of nitrogens with zero attached hydrogens (tertiary/aromatic N) is 5. The summed E-state index contributed by atoms with van der Waals surface area (Å²) < 4.78 is 29.2. The van der Waals surface area contributed by atoms with Crippen molar-refractivity contribution in [2.45, 2.75) is 57.9 Å². The van der Waals surface area contributed by atoms with E-state index < -0.39 is 11.9 Å². The molecular weight excluding hydrogens is 615 g/mol. The first kappa shape index (κ1) is 30.7. The summed E-state index contributed by atoms with van der Waals surface area (Å²) in [6, 6.07) is 2.32. The summed E-state index contributed by atoms with van der Waals surface area (Å²) in [4.78, 5) is 27.5. The number of methoxy groups -OCH3 is 1. The minimum Gasteiger partial charge on any atom is -0.480 e. The summed E-state index contributed by atoms with van der Waals surface area (Å²) in [6.07, 6.45) is 7.60. The van der Waals surface area contributed by atoms with Crippen LogP contribution >= 0.6 is 11.6 Å². The third-order valence-electron chi connectivity index (χ3n) is 10.0. The van der Waals surface area contributed by atoms with Crippen LogP contribution < -0.4 is 25.0 Å². The van der Waals surface area contributed by atoms with Crippen LogP contribution in [0.2, 0.25) is 5.02 Å². The van der Waals surface area contributed by atoms with Crippen molar-refractivity contribution in [1.82, 2.24) is 35.8 Å². The fraction of sp³-hybridized carbons (Fsp3) is 0.531. The number of carboxylic acid groups (broad SMARTS) is 1. The number of hydrogen-bond donors (Lipinski definition) is 4. The summed E-state index contributed by atoms with van der Waals surface area (Å²) in [6.45, 7) is 4.72. The lowest BCUT2D eigenvalue weighted by molar-refractivity contribution is 0.0798. The summed E-state index contributed by atoms with van der Waals surface area (Å²) in [5.74, 6) is -0.0365. The maximum Gasteiger partial charge on any atom is 0.404 e. The lowest BCUT2D eigenvalue weighted by Gasteiger charge is -2.39. The van der Waals surface area contributed by atoms with E-state index in [0.717, 1.165) is 57.1 Å². The Bertz CT molecular complexity index is 1800. The molecule has 3 atom stereocenters. The number of hydrogen-bond acceptors (Lipinski definition) is 9. The van der Waals surface area contributed by atoms with E-state index in [-0.39, 0.29) is 34.4 Å². The second-order valence-electron chi connectivity index (χ2n) is 12.8. The Balaban J connectivity index is 1.37. The van der Waals surface area contributed by atoms with Crippen LogP contribution in [0.15, 0.2) is 12.3 Å². The van der Waals surface area contributed by atoms with E-state index in [2.05, 4.69) is 30.8 Å². The van der Waals surface area contributed by atoms with E-state index in [0.29, 0.717) is 65.0 Å². The smallest absolute Gasteiger partial charge is 0.404 e. The van der Waals surface area contributed by atoms with Gasteiger partial charge in [-0.15, -0.1) is 0 Å². The van der Waals surface area contributed by atoms with Gasteiger partial charge in [-0.2, -0.15) is 15.1 Å². The van der Waals surface area contributed by atoms with Gasteiger partial charge in [0.25, 0.3) is 0 Å². The SMILES string of the molecule is COc1nc(-c2c(Cl)c(C)cc3[nH]ncc23)c(F)c2nc(OCC34CCCNC3CCC4)nc(N3CCCC(CNC(=O)O)C3)c12. The van der Waals surface area contributed by atoms with Crippen molar-refractivity contribution in [3.63, 3.8) is 0 Å². The minimum atomic E-state index is -1.07. The number of nitrogens with one attached hydrogen (secondary N) is 3. The van der Waals surface area contributed by atoms with Crippen LogP contribution in [-0.4, -0.2) is 82.3 Å². The zero-order chi connectivity index (χ0) is 32.0. The monoisotopic (exact) mass is 652 g/mol. The Labute approximate surface area is 270 Å². The predicted octanol–water partition coefficient (Wildman–Crippen LogP) is 5.46. The van der Waals surface area contributed by atoms with Gasteiger partial charge in [0.1, 0.15) is 22.4 Å². The second-order valence-corrected chi connectivity index (χ2v) is 13.2. The van der Waals surface area contributed by atoms with Crippen LogP contribution in [0.1, 0.15) is 50.5 Å². The predicted molar refractivity (Wildman–Crippen MR) is 172 cm³/mol. The van der Waals surface area contributed by atoms with Crippen LogP contribution in [0.3, 0.4) is 0 Å². The molecule has 46 heavy (non-hydrogen) atoms. The lowest BCUT2D eigenvalue weighted by atomic mass is 9.76. The molecule has 0 bridgehead atoms. The first-order valence-electron chi connectivity index (χ1n) is 15.9. The van der Waals surface area contributed by atoms with Gasteiger partial charge in [0.2, 0.25) is 5.88 Å². The van der Waals surface area contributed by atoms with Gasteiger partial charge in [-0.3, -0.25) is 5.10 Å². The van der Waals surface area contributed by atoms with Gasteiger partial charge < -0.3 is 30.1 Å². The molecule has 1 amide bonds. The lowest BCUT2D eigenvalue weighted by Crippen LogP contribution is -2.49. The Morgan fingerprint density at radius 2 is 2.09 bits per heavy atom. The molecule has 2 saturated heterocycles. The van der Waals surface area contributed by atoms with E-state index in [1.165, 1.54) is 7.11 Å². The van der Waals surface area contributed by atoms with E-state index in [9.17, 15) is 9.90 Å². The van der Waals surface area contributed by atoms with Crippen molar-refractivity contribution in [1.29, 1.82) is 0 Å². The van der Waals surface area contributed by atoms with Gasteiger partial charge >= 0.3 is 12.1 Å². The van der Waals surface area contributed by atoms with Crippen LogP contribution in [0, 0.1) is 24.1 Å². The van der Waals surface area contributed by atoms with Gasteiger partial charge in [0.05, 0.1) is 30.5 Å². The summed E-state index contributed by atoms with van der Waals surface area (Å²) in [7, 11) is 1.48. The number of H-pyrrole nitrogens is 1. The van der Waals surface area contributed by atoms with Gasteiger partial charge in [-0.05, 0) is 69.5 Å². The number of amides is 1. The van der Waals surface area contributed by atoms with E-state index in [1.807, 2.05) is 17.9 Å². The summed E-state index contributed by atoms with van der Waals surface area (Å²) in [5, 5.41) is 23.8. The molecule has 12 nitrogen and oxygen atoms in total. The fourth-order valence-electron chi connectivity index (χ4n) is 7.72. The Hall–Kier alpha value is -3.97. The molecule has 0 radical (unpaired) electrons. The van der Waals surface area contributed by atoms with E-state index >= 15 is 4.39 Å². The van der Waals surface area contributed by atoms with E-state index in [1.54, 1.807) is 6.20 Å². The number of aromatic nitrogens is 5. The summed E-state index contributed by atoms with van der Waals surface area (Å²) >= 11 is 6.81. The Kier molecular flexibility index (Phi) is 8.22. The third kappa shape index (κ3) is 5.42. The van der Waals surface area contributed by atoms with Crippen molar-refractivity contribution >= 4 is 45.3 Å². The molecule has 244 valence electrons. The molecule has 5 heterocycles. The summed E-state index contributed by atoms with van der Waals surface area (Å²) in [5.41, 5.74) is 1.82. The number of rotatable bonds is 8. The van der Waals surface area contributed by atoms with Crippen LogP contribution in [0.5, 0.6) is 11.9 Å². The average Bonchev–Trinajstić information content (AvgIpc) is 3.71. The molecule has 7 rings (SSSR count). The number of piperidine rings is 2. The maximum absolute atomic E-state index is 17.0. The quantitative estimate of drug-likeness (QED) is 0.193. The van der Waals surface area contributed by atoms with Crippen molar-refractivity contribution in [2.75, 3.05) is 44.8 Å². The zero-order valence-corrected chi connectivity index (χ0v) is 26.7. The van der Waals surface area contributed by atoms with E-state index in [4.69, 9.17) is 26.1 Å². The molecular formula is C32H38ClFN8O4. The van der Waals surface area contributed by atoms with Crippen molar-refractivity contribution in [2.24, 2.45) is 11.3 Å². The zero-order valence-electron chi connectivity index (χ0n) is 26.0. The Morgan fingerprint density at radius 3 is 2.91 bits per heavy atom. The van der Waals surface area contributed by atoms with Crippen LogP contribution in [0.4, 0.5) is 15.0 Å². The third-order valence-corrected chi connectivity index (χ3v) is 10.5. The number of aromatic amines is 1. The normalized spacial score (nSPS) is 23.1. The number of halogens is 2. The molecule has 4 aromatic rings. The van der Waals surface area contributed by atoms with Crippen LogP contribution in [0.25, 0.3) is 33.1 Å². The van der Waals surface area contributed by atoms with Gasteiger partial charge in [0, 0.05) is 42.0 Å². The molecule has 2 aliphatic heterocycles. The highest BCUT2D eigenvalue weighted by Gasteiger charge is 2.45. The van der Waals surface area contributed by atoms with Gasteiger partial charge in [-0.25, -0.2) is 14.2 Å². The highest BCUT2D eigenvalue weighted by Crippen LogP contribution is 2.46. The number of carbonyl (C=O) groups is 1.